The molecule has 100 valence electrons. The second-order valence-electron chi connectivity index (χ2n) is 4.67. The fraction of sp³-hybridized carbons (Fsp3) is 0.462. The van der Waals surface area contributed by atoms with E-state index in [9.17, 15) is 9.90 Å². The molecule has 0 radical (unpaired) electrons. The fourth-order valence-electron chi connectivity index (χ4n) is 1.61. The third-order valence-corrected chi connectivity index (χ3v) is 3.61. The molecule has 0 aliphatic heterocycles. The molecule has 0 amide bonds. The van der Waals surface area contributed by atoms with Crippen LogP contribution in [0.5, 0.6) is 0 Å². The normalized spacial score (nSPS) is 14.5. The van der Waals surface area contributed by atoms with E-state index in [1.54, 1.807) is 6.92 Å². The molecular weight excluding hydrogens is 343 g/mol. The Hall–Kier alpha value is -0.660. The highest BCUT2D eigenvalue weighted by molar-refractivity contribution is 14.1. The zero-order chi connectivity index (χ0) is 13.8. The number of nitrogens with zero attached hydrogens (tertiary/aromatic N) is 1. The van der Waals surface area contributed by atoms with Crippen LogP contribution in [0.15, 0.2) is 24.3 Å². The molecule has 0 saturated carbocycles. The van der Waals surface area contributed by atoms with Crippen LogP contribution in [0.4, 0.5) is 0 Å². The minimum atomic E-state index is -1.04. The zero-order valence-electron chi connectivity index (χ0n) is 10.9. The van der Waals surface area contributed by atoms with Crippen LogP contribution in [-0.2, 0) is 10.3 Å². The quantitative estimate of drug-likeness (QED) is 0.758. The van der Waals surface area contributed by atoms with Crippen molar-refractivity contribution in [2.45, 2.75) is 12.5 Å². The van der Waals surface area contributed by atoms with Gasteiger partial charge in [0, 0.05) is 16.7 Å². The van der Waals surface area contributed by atoms with Crippen LogP contribution in [0, 0.1) is 3.57 Å². The lowest BCUT2D eigenvalue weighted by atomic mass is 9.92. The maximum absolute atomic E-state index is 11.5. The van der Waals surface area contributed by atoms with Gasteiger partial charge >= 0.3 is 5.97 Å². The molecule has 1 rings (SSSR count). The third kappa shape index (κ3) is 3.93. The molecular formula is C13H19IN2O2. The number of carbonyl (C=O) groups is 1. The van der Waals surface area contributed by atoms with Gasteiger partial charge in [-0.15, -0.1) is 0 Å². The monoisotopic (exact) mass is 362 g/mol. The van der Waals surface area contributed by atoms with E-state index in [-0.39, 0.29) is 0 Å². The first-order valence-corrected chi connectivity index (χ1v) is 6.83. The van der Waals surface area contributed by atoms with E-state index in [2.05, 4.69) is 27.9 Å². The predicted octanol–water partition coefficient (Wildman–Crippen LogP) is 1.74. The summed E-state index contributed by atoms with van der Waals surface area (Å²) in [5, 5.41) is 12.6. The van der Waals surface area contributed by atoms with Crippen LogP contribution in [0.3, 0.4) is 0 Å². The highest BCUT2D eigenvalue weighted by Crippen LogP contribution is 2.22. The van der Waals surface area contributed by atoms with Crippen molar-refractivity contribution in [3.8, 4) is 0 Å². The zero-order valence-corrected chi connectivity index (χ0v) is 13.1. The summed E-state index contributed by atoms with van der Waals surface area (Å²) in [5.41, 5.74) is -0.269. The first-order chi connectivity index (χ1) is 8.36. The SMILES string of the molecule is CN(C)CCNC(C)(C(=O)O)c1ccc(I)cc1. The van der Waals surface area contributed by atoms with Gasteiger partial charge in [0.15, 0.2) is 0 Å². The Labute approximate surface area is 122 Å². The molecule has 0 heterocycles. The molecule has 5 heteroatoms. The van der Waals surface area contributed by atoms with Gasteiger partial charge in [-0.05, 0) is 61.3 Å². The number of halogens is 1. The number of aliphatic carboxylic acids is 1. The fourth-order valence-corrected chi connectivity index (χ4v) is 1.97. The molecule has 0 aliphatic carbocycles. The highest BCUT2D eigenvalue weighted by atomic mass is 127. The van der Waals surface area contributed by atoms with Crippen molar-refractivity contribution in [3.05, 3.63) is 33.4 Å². The van der Waals surface area contributed by atoms with Crippen LogP contribution in [0.1, 0.15) is 12.5 Å². The molecule has 18 heavy (non-hydrogen) atoms. The second-order valence-corrected chi connectivity index (χ2v) is 5.91. The summed E-state index contributed by atoms with van der Waals surface area (Å²) >= 11 is 2.20. The molecule has 0 saturated heterocycles. The van der Waals surface area contributed by atoms with E-state index in [0.29, 0.717) is 6.54 Å². The first-order valence-electron chi connectivity index (χ1n) is 5.75. The number of hydrogen-bond donors (Lipinski definition) is 2. The van der Waals surface area contributed by atoms with Gasteiger partial charge in [-0.1, -0.05) is 12.1 Å². The summed E-state index contributed by atoms with van der Waals surface area (Å²) in [6.45, 7) is 3.13. The molecule has 0 aliphatic rings. The summed E-state index contributed by atoms with van der Waals surface area (Å²) < 4.78 is 1.09. The van der Waals surface area contributed by atoms with Crippen LogP contribution in [0.2, 0.25) is 0 Å². The Bertz CT molecular complexity index is 406. The number of nitrogens with one attached hydrogen (secondary N) is 1. The van der Waals surface area contributed by atoms with Gasteiger partial charge in [-0.3, -0.25) is 5.32 Å². The number of carboxylic acids is 1. The summed E-state index contributed by atoms with van der Waals surface area (Å²) in [4.78, 5) is 13.5. The van der Waals surface area contributed by atoms with Crippen LogP contribution >= 0.6 is 22.6 Å². The average molecular weight is 362 g/mol. The maximum atomic E-state index is 11.5. The average Bonchev–Trinajstić information content (AvgIpc) is 2.28. The van der Waals surface area contributed by atoms with E-state index in [1.165, 1.54) is 0 Å². The van der Waals surface area contributed by atoms with Gasteiger partial charge in [0.05, 0.1) is 0 Å². The van der Waals surface area contributed by atoms with E-state index in [4.69, 9.17) is 0 Å². The van der Waals surface area contributed by atoms with Crippen LogP contribution in [0.25, 0.3) is 0 Å². The Morgan fingerprint density at radius 1 is 1.39 bits per heavy atom. The molecule has 0 spiro atoms. The minimum absolute atomic E-state index is 0.627. The van der Waals surface area contributed by atoms with E-state index >= 15 is 0 Å². The highest BCUT2D eigenvalue weighted by Gasteiger charge is 2.34. The van der Waals surface area contributed by atoms with Crippen molar-refractivity contribution in [3.63, 3.8) is 0 Å². The summed E-state index contributed by atoms with van der Waals surface area (Å²) in [6, 6.07) is 7.56. The number of rotatable bonds is 6. The number of carboxylic acid groups (broad SMARTS) is 1. The molecule has 1 aromatic carbocycles. The number of likely N-dealkylation sites (N-methyl/N-ethyl adjacent to an activating group) is 1. The van der Waals surface area contributed by atoms with Crippen LogP contribution in [-0.4, -0.2) is 43.2 Å². The van der Waals surface area contributed by atoms with Gasteiger partial charge in [0.25, 0.3) is 0 Å². The molecule has 2 N–H and O–H groups in total. The van der Waals surface area contributed by atoms with Crippen molar-refractivity contribution in [1.82, 2.24) is 10.2 Å². The summed E-state index contributed by atoms with van der Waals surface area (Å²) in [6.07, 6.45) is 0. The van der Waals surface area contributed by atoms with Gasteiger partial charge < -0.3 is 10.0 Å². The van der Waals surface area contributed by atoms with E-state index in [1.807, 2.05) is 43.3 Å². The Balaban J connectivity index is 2.86. The van der Waals surface area contributed by atoms with E-state index < -0.39 is 11.5 Å². The molecule has 4 nitrogen and oxygen atoms in total. The van der Waals surface area contributed by atoms with Gasteiger partial charge in [0.1, 0.15) is 5.54 Å². The van der Waals surface area contributed by atoms with Crippen molar-refractivity contribution in [2.75, 3.05) is 27.2 Å². The minimum Gasteiger partial charge on any atom is -0.480 e. The lowest BCUT2D eigenvalue weighted by molar-refractivity contribution is -0.144. The van der Waals surface area contributed by atoms with Crippen molar-refractivity contribution < 1.29 is 9.90 Å². The van der Waals surface area contributed by atoms with Crippen molar-refractivity contribution in [1.29, 1.82) is 0 Å². The molecule has 1 atom stereocenters. The second kappa shape index (κ2) is 6.49. The number of hydrogen-bond acceptors (Lipinski definition) is 3. The van der Waals surface area contributed by atoms with Crippen molar-refractivity contribution >= 4 is 28.6 Å². The van der Waals surface area contributed by atoms with E-state index in [0.717, 1.165) is 15.7 Å². The topological polar surface area (TPSA) is 52.6 Å². The molecule has 0 fully saturated rings. The molecule has 0 aromatic heterocycles. The lowest BCUT2D eigenvalue weighted by Gasteiger charge is -2.27. The number of benzene rings is 1. The molecule has 0 bridgehead atoms. The molecule has 1 unspecified atom stereocenters. The summed E-state index contributed by atoms with van der Waals surface area (Å²) in [5.74, 6) is -0.859. The van der Waals surface area contributed by atoms with Crippen LogP contribution < -0.4 is 5.32 Å². The standard InChI is InChI=1S/C13H19IN2O2/c1-13(12(17)18,15-8-9-16(2)3)10-4-6-11(14)7-5-10/h4-7,15H,8-9H2,1-3H3,(H,17,18). The van der Waals surface area contributed by atoms with Crippen molar-refractivity contribution in [2.24, 2.45) is 0 Å². The third-order valence-electron chi connectivity index (χ3n) is 2.89. The Morgan fingerprint density at radius 2 is 1.94 bits per heavy atom. The predicted molar refractivity (Wildman–Crippen MR) is 80.7 cm³/mol. The van der Waals surface area contributed by atoms with Gasteiger partial charge in [-0.2, -0.15) is 0 Å². The Kier molecular flexibility index (Phi) is 5.55. The lowest BCUT2D eigenvalue weighted by Crippen LogP contribution is -2.48. The van der Waals surface area contributed by atoms with Gasteiger partial charge in [0.2, 0.25) is 0 Å². The smallest absolute Gasteiger partial charge is 0.328 e. The Morgan fingerprint density at radius 3 is 2.39 bits per heavy atom. The van der Waals surface area contributed by atoms with Gasteiger partial charge in [-0.25, -0.2) is 4.79 Å². The summed E-state index contributed by atoms with van der Waals surface area (Å²) in [7, 11) is 3.93. The molecule has 1 aromatic rings. The maximum Gasteiger partial charge on any atom is 0.328 e. The first kappa shape index (κ1) is 15.4. The largest absolute Gasteiger partial charge is 0.480 e.